The van der Waals surface area contributed by atoms with Gasteiger partial charge in [0.2, 0.25) is 0 Å². The third-order valence-corrected chi connectivity index (χ3v) is 4.28. The van der Waals surface area contributed by atoms with E-state index in [0.29, 0.717) is 5.92 Å². The second-order valence-electron chi connectivity index (χ2n) is 5.98. The molecule has 113 valence electrons. The number of unbranched alkanes of at least 4 members (excludes halogenated alkanes) is 1. The van der Waals surface area contributed by atoms with Crippen LogP contribution in [-0.4, -0.2) is 11.2 Å². The Morgan fingerprint density at radius 2 is 1.85 bits per heavy atom. The van der Waals surface area contributed by atoms with Gasteiger partial charge in [-0.1, -0.05) is 63.9 Å². The van der Waals surface area contributed by atoms with Crippen molar-refractivity contribution in [3.8, 4) is 0 Å². The van der Waals surface area contributed by atoms with Crippen molar-refractivity contribution < 1.29 is 5.11 Å². The lowest BCUT2D eigenvalue weighted by Crippen LogP contribution is -2.21. The molecule has 1 rings (SSSR count). The van der Waals surface area contributed by atoms with E-state index >= 15 is 0 Å². The zero-order valence-corrected chi connectivity index (χ0v) is 13.4. The Morgan fingerprint density at radius 1 is 1.15 bits per heavy atom. The van der Waals surface area contributed by atoms with Crippen LogP contribution >= 0.6 is 0 Å². The van der Waals surface area contributed by atoms with Crippen LogP contribution in [0, 0.1) is 11.8 Å². The number of aliphatic hydroxyl groups excluding tert-OH is 1. The highest BCUT2D eigenvalue weighted by atomic mass is 16.3. The van der Waals surface area contributed by atoms with E-state index in [9.17, 15) is 5.11 Å². The minimum atomic E-state index is -0.160. The van der Waals surface area contributed by atoms with E-state index in [0.717, 1.165) is 32.1 Å². The molecule has 0 saturated heterocycles. The fourth-order valence-corrected chi connectivity index (χ4v) is 2.60. The molecule has 1 aromatic rings. The molecule has 1 N–H and O–H groups in total. The largest absolute Gasteiger partial charge is 0.393 e. The van der Waals surface area contributed by atoms with Gasteiger partial charge in [0.1, 0.15) is 0 Å². The minimum Gasteiger partial charge on any atom is -0.393 e. The fourth-order valence-electron chi connectivity index (χ4n) is 2.60. The van der Waals surface area contributed by atoms with Crippen LogP contribution in [0.4, 0.5) is 0 Å². The number of aryl methyl sites for hydroxylation is 1. The first-order valence-electron chi connectivity index (χ1n) is 8.22. The van der Waals surface area contributed by atoms with Crippen molar-refractivity contribution in [2.24, 2.45) is 5.92 Å². The summed E-state index contributed by atoms with van der Waals surface area (Å²) in [7, 11) is 0. The Labute approximate surface area is 125 Å². The molecule has 0 heterocycles. The fraction of sp³-hybridized carbons (Fsp3) is 0.632. The predicted molar refractivity (Wildman–Crippen MR) is 87.6 cm³/mol. The SMILES string of the molecule is CCCCC(C)C(O)C[C](CC)CCc1ccccc1. The van der Waals surface area contributed by atoms with Gasteiger partial charge in [0.25, 0.3) is 0 Å². The summed E-state index contributed by atoms with van der Waals surface area (Å²) in [4.78, 5) is 0. The zero-order valence-electron chi connectivity index (χ0n) is 13.4. The molecule has 2 atom stereocenters. The van der Waals surface area contributed by atoms with Crippen molar-refractivity contribution in [1.82, 2.24) is 0 Å². The molecule has 1 aromatic carbocycles. The van der Waals surface area contributed by atoms with E-state index in [2.05, 4.69) is 51.1 Å². The maximum atomic E-state index is 10.3. The van der Waals surface area contributed by atoms with Crippen molar-refractivity contribution in [2.75, 3.05) is 0 Å². The number of hydrogen-bond acceptors (Lipinski definition) is 1. The monoisotopic (exact) mass is 275 g/mol. The highest BCUT2D eigenvalue weighted by Crippen LogP contribution is 2.25. The topological polar surface area (TPSA) is 20.2 Å². The van der Waals surface area contributed by atoms with Crippen molar-refractivity contribution in [1.29, 1.82) is 0 Å². The normalized spacial score (nSPS) is 14.4. The van der Waals surface area contributed by atoms with E-state index in [1.54, 1.807) is 0 Å². The Balaban J connectivity index is 2.34. The summed E-state index contributed by atoms with van der Waals surface area (Å²) in [5.41, 5.74) is 1.40. The lowest BCUT2D eigenvalue weighted by atomic mass is 9.86. The molecule has 0 spiro atoms. The maximum Gasteiger partial charge on any atom is 0.0571 e. The van der Waals surface area contributed by atoms with Crippen molar-refractivity contribution in [2.45, 2.75) is 71.8 Å². The van der Waals surface area contributed by atoms with Gasteiger partial charge < -0.3 is 5.11 Å². The van der Waals surface area contributed by atoms with E-state index in [1.165, 1.54) is 24.3 Å². The predicted octanol–water partition coefficient (Wildman–Crippen LogP) is 5.18. The van der Waals surface area contributed by atoms with Crippen LogP contribution in [-0.2, 0) is 6.42 Å². The van der Waals surface area contributed by atoms with Crippen molar-refractivity contribution in [3.05, 3.63) is 41.8 Å². The molecule has 0 saturated carbocycles. The molecule has 0 bridgehead atoms. The summed E-state index contributed by atoms with van der Waals surface area (Å²) in [6.45, 7) is 6.61. The standard InChI is InChI=1S/C19H31O/c1-4-6-10-16(3)19(20)15-17(5-2)13-14-18-11-8-7-9-12-18/h7-9,11-12,16,19-20H,4-6,10,13-15H2,1-3H3. The van der Waals surface area contributed by atoms with Gasteiger partial charge in [0.15, 0.2) is 0 Å². The summed E-state index contributed by atoms with van der Waals surface area (Å²) in [5.74, 6) is 1.93. The molecule has 0 aliphatic carbocycles. The summed E-state index contributed by atoms with van der Waals surface area (Å²) in [6.07, 6.45) is 7.61. The summed E-state index contributed by atoms with van der Waals surface area (Å²) < 4.78 is 0. The zero-order chi connectivity index (χ0) is 14.8. The third-order valence-electron chi connectivity index (χ3n) is 4.28. The Hall–Kier alpha value is -0.820. The first kappa shape index (κ1) is 17.2. The van der Waals surface area contributed by atoms with Gasteiger partial charge in [-0.05, 0) is 49.5 Å². The van der Waals surface area contributed by atoms with Crippen LogP contribution in [0.15, 0.2) is 30.3 Å². The molecule has 1 nitrogen and oxygen atoms in total. The molecule has 0 aliphatic heterocycles. The molecule has 1 heteroatoms. The van der Waals surface area contributed by atoms with Gasteiger partial charge >= 0.3 is 0 Å². The number of hydrogen-bond donors (Lipinski definition) is 1. The van der Waals surface area contributed by atoms with Gasteiger partial charge in [0.05, 0.1) is 6.10 Å². The highest BCUT2D eigenvalue weighted by Gasteiger charge is 2.18. The highest BCUT2D eigenvalue weighted by molar-refractivity contribution is 5.15. The summed E-state index contributed by atoms with van der Waals surface area (Å²) in [6, 6.07) is 10.6. The first-order valence-corrected chi connectivity index (χ1v) is 8.22. The second-order valence-corrected chi connectivity index (χ2v) is 5.98. The number of rotatable bonds is 10. The molecule has 0 fully saturated rings. The maximum absolute atomic E-state index is 10.3. The van der Waals surface area contributed by atoms with Gasteiger partial charge in [-0.2, -0.15) is 0 Å². The Kier molecular flexibility index (Phi) is 8.60. The smallest absolute Gasteiger partial charge is 0.0571 e. The Morgan fingerprint density at radius 3 is 2.45 bits per heavy atom. The summed E-state index contributed by atoms with van der Waals surface area (Å²) >= 11 is 0. The van der Waals surface area contributed by atoms with Crippen molar-refractivity contribution >= 4 is 0 Å². The molecule has 20 heavy (non-hydrogen) atoms. The molecule has 0 aromatic heterocycles. The molecular formula is C19H31O. The molecular weight excluding hydrogens is 244 g/mol. The molecule has 0 amide bonds. The van der Waals surface area contributed by atoms with Crippen LogP contribution in [0.5, 0.6) is 0 Å². The van der Waals surface area contributed by atoms with E-state index < -0.39 is 0 Å². The second kappa shape index (κ2) is 9.99. The molecule has 0 aliphatic rings. The quantitative estimate of drug-likeness (QED) is 0.623. The lowest BCUT2D eigenvalue weighted by Gasteiger charge is -2.23. The van der Waals surface area contributed by atoms with E-state index in [4.69, 9.17) is 0 Å². The van der Waals surface area contributed by atoms with Crippen LogP contribution in [0.25, 0.3) is 0 Å². The van der Waals surface area contributed by atoms with E-state index in [-0.39, 0.29) is 6.10 Å². The summed E-state index contributed by atoms with van der Waals surface area (Å²) in [5, 5.41) is 10.3. The van der Waals surface area contributed by atoms with Crippen LogP contribution < -0.4 is 0 Å². The van der Waals surface area contributed by atoms with Crippen LogP contribution in [0.2, 0.25) is 0 Å². The average molecular weight is 275 g/mol. The third kappa shape index (κ3) is 6.56. The van der Waals surface area contributed by atoms with Gasteiger partial charge in [0, 0.05) is 0 Å². The average Bonchev–Trinajstić information content (AvgIpc) is 2.49. The molecule has 2 unspecified atom stereocenters. The van der Waals surface area contributed by atoms with Gasteiger partial charge in [-0.3, -0.25) is 0 Å². The van der Waals surface area contributed by atoms with Crippen LogP contribution in [0.3, 0.4) is 0 Å². The van der Waals surface area contributed by atoms with E-state index in [1.807, 2.05) is 0 Å². The molecule has 1 radical (unpaired) electrons. The first-order chi connectivity index (χ1) is 9.67. The van der Waals surface area contributed by atoms with Gasteiger partial charge in [-0.25, -0.2) is 0 Å². The Bertz CT molecular complexity index is 333. The minimum absolute atomic E-state index is 0.160. The number of aliphatic hydroxyl groups is 1. The lowest BCUT2D eigenvalue weighted by molar-refractivity contribution is 0.103. The van der Waals surface area contributed by atoms with Crippen molar-refractivity contribution in [3.63, 3.8) is 0 Å². The number of benzene rings is 1. The van der Waals surface area contributed by atoms with Gasteiger partial charge in [-0.15, -0.1) is 0 Å². The van der Waals surface area contributed by atoms with Crippen LogP contribution in [0.1, 0.15) is 64.9 Å².